The van der Waals surface area contributed by atoms with E-state index < -0.39 is 35.4 Å². The summed E-state index contributed by atoms with van der Waals surface area (Å²) in [6.45, 7) is 1.49. The number of carbonyl (C=O) groups is 1. The molecule has 3 rings (SSSR count). The van der Waals surface area contributed by atoms with Gasteiger partial charge in [-0.05, 0) is 43.5 Å². The molecule has 1 amide bonds. The van der Waals surface area contributed by atoms with Gasteiger partial charge in [0.05, 0.1) is 5.41 Å². The van der Waals surface area contributed by atoms with Gasteiger partial charge in [-0.15, -0.1) is 0 Å². The van der Waals surface area contributed by atoms with Crippen molar-refractivity contribution in [1.82, 2.24) is 0 Å². The van der Waals surface area contributed by atoms with Crippen molar-refractivity contribution in [2.45, 2.75) is 37.5 Å². The van der Waals surface area contributed by atoms with Crippen LogP contribution in [0.1, 0.15) is 31.7 Å². The molecule has 20 heavy (non-hydrogen) atoms. The lowest BCUT2D eigenvalue weighted by molar-refractivity contribution is -0.127. The maximum Gasteiger partial charge on any atom is 0.252 e. The molecule has 1 aromatic carbocycles. The molecular formula is C15H16F3NO. The van der Waals surface area contributed by atoms with Crippen molar-refractivity contribution >= 4 is 11.6 Å². The van der Waals surface area contributed by atoms with Crippen molar-refractivity contribution < 1.29 is 18.0 Å². The number of likely N-dealkylation sites (N-methyl/N-ethyl adjacent to an activating group) is 1. The fourth-order valence-corrected chi connectivity index (χ4v) is 3.13. The predicted octanol–water partition coefficient (Wildman–Crippen LogP) is 3.50. The molecule has 1 saturated carbocycles. The first-order chi connectivity index (χ1) is 9.25. The largest absolute Gasteiger partial charge is 0.314 e. The van der Waals surface area contributed by atoms with Crippen LogP contribution in [-0.4, -0.2) is 18.9 Å². The highest BCUT2D eigenvalue weighted by molar-refractivity contribution is 6.07. The summed E-state index contributed by atoms with van der Waals surface area (Å²) < 4.78 is 41.7. The number of fused-ring (bicyclic) bond motifs is 1. The van der Waals surface area contributed by atoms with E-state index in [0.717, 1.165) is 0 Å². The molecule has 0 radical (unpaired) electrons. The lowest BCUT2D eigenvalue weighted by atomic mass is 9.77. The van der Waals surface area contributed by atoms with Crippen LogP contribution in [0.4, 0.5) is 18.9 Å². The van der Waals surface area contributed by atoms with Crippen LogP contribution < -0.4 is 4.90 Å². The van der Waals surface area contributed by atoms with Gasteiger partial charge in [-0.2, -0.15) is 0 Å². The van der Waals surface area contributed by atoms with E-state index in [9.17, 15) is 18.0 Å². The van der Waals surface area contributed by atoms with Crippen molar-refractivity contribution in [2.75, 3.05) is 11.9 Å². The summed E-state index contributed by atoms with van der Waals surface area (Å²) in [5.74, 6) is -4.40. The summed E-state index contributed by atoms with van der Waals surface area (Å²) in [7, 11) is 1.54. The highest BCUT2D eigenvalue weighted by atomic mass is 19.3. The second kappa shape index (κ2) is 3.99. The molecule has 0 aromatic heterocycles. The first-order valence-corrected chi connectivity index (χ1v) is 6.72. The third-order valence-electron chi connectivity index (χ3n) is 4.45. The number of hydrogen-bond donors (Lipinski definition) is 0. The molecule has 2 aliphatic rings. The van der Waals surface area contributed by atoms with Crippen LogP contribution in [0.3, 0.4) is 0 Å². The Hall–Kier alpha value is -1.52. The number of amides is 1. The third-order valence-corrected chi connectivity index (χ3v) is 4.45. The Kier molecular flexibility index (Phi) is 2.69. The van der Waals surface area contributed by atoms with Crippen LogP contribution in [0, 0.1) is 11.7 Å². The highest BCUT2D eigenvalue weighted by Crippen LogP contribution is 2.53. The first kappa shape index (κ1) is 13.5. The smallest absolute Gasteiger partial charge is 0.252 e. The van der Waals surface area contributed by atoms with E-state index in [0.29, 0.717) is 24.1 Å². The summed E-state index contributed by atoms with van der Waals surface area (Å²) in [5, 5.41) is 0. The third kappa shape index (κ3) is 1.83. The summed E-state index contributed by atoms with van der Waals surface area (Å²) in [6, 6.07) is 3.93. The summed E-state index contributed by atoms with van der Waals surface area (Å²) in [6.07, 6.45) is 0.455. The molecule has 1 atom stereocenters. The number of carbonyl (C=O) groups excluding carboxylic acids is 1. The molecule has 1 heterocycles. The molecule has 108 valence electrons. The zero-order valence-corrected chi connectivity index (χ0v) is 11.4. The predicted molar refractivity (Wildman–Crippen MR) is 69.5 cm³/mol. The van der Waals surface area contributed by atoms with Gasteiger partial charge in [-0.3, -0.25) is 4.79 Å². The van der Waals surface area contributed by atoms with Crippen molar-refractivity contribution in [3.05, 3.63) is 29.6 Å². The van der Waals surface area contributed by atoms with Gasteiger partial charge in [-0.25, -0.2) is 13.2 Å². The lowest BCUT2D eigenvalue weighted by Gasteiger charge is -2.28. The topological polar surface area (TPSA) is 20.3 Å². The first-order valence-electron chi connectivity index (χ1n) is 6.72. The van der Waals surface area contributed by atoms with E-state index in [1.165, 1.54) is 30.0 Å². The van der Waals surface area contributed by atoms with Gasteiger partial charge in [0.15, 0.2) is 0 Å². The van der Waals surface area contributed by atoms with E-state index in [2.05, 4.69) is 0 Å². The molecule has 0 spiro atoms. The Morgan fingerprint density at radius 3 is 2.65 bits per heavy atom. The van der Waals surface area contributed by atoms with Gasteiger partial charge in [-0.1, -0.05) is 0 Å². The molecule has 1 aliphatic carbocycles. The fraction of sp³-hybridized carbons (Fsp3) is 0.533. The second-order valence-corrected chi connectivity index (χ2v) is 6.07. The van der Waals surface area contributed by atoms with E-state index in [1.807, 2.05) is 0 Å². The average Bonchev–Trinajstić information content (AvgIpc) is 3.18. The molecule has 5 heteroatoms. The average molecular weight is 283 g/mol. The van der Waals surface area contributed by atoms with Crippen LogP contribution in [-0.2, 0) is 10.2 Å². The minimum absolute atomic E-state index is 0.366. The maximum atomic E-state index is 14.1. The minimum atomic E-state index is -2.88. The van der Waals surface area contributed by atoms with E-state index in [4.69, 9.17) is 0 Å². The fourth-order valence-electron chi connectivity index (χ4n) is 3.13. The van der Waals surface area contributed by atoms with Crippen molar-refractivity contribution in [3.8, 4) is 0 Å². The van der Waals surface area contributed by atoms with Gasteiger partial charge >= 0.3 is 0 Å². The molecule has 0 bridgehead atoms. The van der Waals surface area contributed by atoms with Gasteiger partial charge in [0, 0.05) is 25.1 Å². The van der Waals surface area contributed by atoms with Crippen molar-refractivity contribution in [1.29, 1.82) is 0 Å². The Morgan fingerprint density at radius 1 is 1.40 bits per heavy atom. The molecule has 1 aromatic rings. The van der Waals surface area contributed by atoms with Gasteiger partial charge < -0.3 is 4.90 Å². The quantitative estimate of drug-likeness (QED) is 0.831. The van der Waals surface area contributed by atoms with Crippen LogP contribution >= 0.6 is 0 Å². The number of alkyl halides is 2. The number of hydrogen-bond acceptors (Lipinski definition) is 1. The Labute approximate surface area is 115 Å². The van der Waals surface area contributed by atoms with E-state index >= 15 is 0 Å². The summed E-state index contributed by atoms with van der Waals surface area (Å²) >= 11 is 0. The maximum absolute atomic E-state index is 14.1. The lowest BCUT2D eigenvalue weighted by Crippen LogP contribution is -2.41. The Bertz CT molecular complexity index is 582. The molecule has 2 nitrogen and oxygen atoms in total. The molecule has 1 fully saturated rings. The van der Waals surface area contributed by atoms with Gasteiger partial charge in [0.25, 0.3) is 5.92 Å². The van der Waals surface area contributed by atoms with Crippen LogP contribution in [0.5, 0.6) is 0 Å². The van der Waals surface area contributed by atoms with E-state index in [-0.39, 0.29) is 0 Å². The zero-order valence-electron chi connectivity index (χ0n) is 11.4. The summed E-state index contributed by atoms with van der Waals surface area (Å²) in [4.78, 5) is 13.7. The van der Waals surface area contributed by atoms with Crippen LogP contribution in [0.2, 0.25) is 0 Å². The monoisotopic (exact) mass is 283 g/mol. The highest BCUT2D eigenvalue weighted by Gasteiger charge is 2.56. The number of nitrogens with zero attached hydrogens (tertiary/aromatic N) is 1. The number of rotatable bonds is 3. The minimum Gasteiger partial charge on any atom is -0.314 e. The van der Waals surface area contributed by atoms with E-state index in [1.54, 1.807) is 7.05 Å². The Morgan fingerprint density at radius 2 is 2.05 bits per heavy atom. The summed E-state index contributed by atoms with van der Waals surface area (Å²) in [5.41, 5.74) is -0.464. The van der Waals surface area contributed by atoms with Gasteiger partial charge in [0.1, 0.15) is 5.82 Å². The standard InChI is InChI=1S/C15H16F3NO/c1-14(8-15(17,18)9-3-4-9)11-7-10(16)5-6-12(11)19(2)13(14)20/h5-7,9H,3-4,8H2,1-2H3. The molecule has 0 saturated heterocycles. The van der Waals surface area contributed by atoms with Gasteiger partial charge in [0.2, 0.25) is 5.91 Å². The zero-order chi connectivity index (χ0) is 14.7. The molecular weight excluding hydrogens is 267 g/mol. The number of anilines is 1. The van der Waals surface area contributed by atoms with Crippen LogP contribution in [0.15, 0.2) is 18.2 Å². The van der Waals surface area contributed by atoms with Crippen molar-refractivity contribution in [2.24, 2.45) is 5.92 Å². The normalized spacial score (nSPS) is 26.1. The molecule has 1 aliphatic heterocycles. The number of benzene rings is 1. The Balaban J connectivity index is 2.04. The van der Waals surface area contributed by atoms with Crippen LogP contribution in [0.25, 0.3) is 0 Å². The SMILES string of the molecule is CN1C(=O)C(C)(CC(F)(F)C2CC2)c2cc(F)ccc21. The molecule has 1 unspecified atom stereocenters. The molecule has 0 N–H and O–H groups in total. The second-order valence-electron chi connectivity index (χ2n) is 6.07. The number of halogens is 3. The van der Waals surface area contributed by atoms with Crippen molar-refractivity contribution in [3.63, 3.8) is 0 Å².